The molecule has 1 rings (SSSR count). The number of hydrogen-bond donors (Lipinski definition) is 5. The number of carboxylic acid groups (broad SMARTS) is 2. The van der Waals surface area contributed by atoms with Gasteiger partial charge in [-0.1, -0.05) is 0 Å². The highest BCUT2D eigenvalue weighted by molar-refractivity contribution is 5.73. The first-order valence-corrected chi connectivity index (χ1v) is 4.60. The van der Waals surface area contributed by atoms with Crippen molar-refractivity contribution in [3.63, 3.8) is 0 Å². The quantitative estimate of drug-likeness (QED) is 0.351. The molecule has 0 amide bonds. The summed E-state index contributed by atoms with van der Waals surface area (Å²) < 4.78 is 9.20. The van der Waals surface area contributed by atoms with E-state index in [0.29, 0.717) is 0 Å². The van der Waals surface area contributed by atoms with Crippen molar-refractivity contribution >= 4 is 11.9 Å². The summed E-state index contributed by atoms with van der Waals surface area (Å²) in [5.41, 5.74) is 0. The van der Waals surface area contributed by atoms with Crippen LogP contribution in [0.15, 0.2) is 0 Å². The van der Waals surface area contributed by atoms with E-state index in [2.05, 4.69) is 9.47 Å². The molecule has 0 aromatic carbocycles. The Morgan fingerprint density at radius 3 is 2.12 bits per heavy atom. The Morgan fingerprint density at radius 2 is 1.65 bits per heavy atom. The summed E-state index contributed by atoms with van der Waals surface area (Å²) in [4.78, 5) is 20.9. The summed E-state index contributed by atoms with van der Waals surface area (Å²) >= 11 is 0. The highest BCUT2D eigenvalue weighted by atomic mass is 16.7. The third-order valence-electron chi connectivity index (χ3n) is 2.18. The molecule has 1 aliphatic heterocycles. The van der Waals surface area contributed by atoms with E-state index in [-0.39, 0.29) is 0 Å². The molecule has 1 saturated heterocycles. The van der Waals surface area contributed by atoms with Gasteiger partial charge in [-0.05, 0) is 0 Å². The van der Waals surface area contributed by atoms with E-state index in [4.69, 9.17) is 10.2 Å². The molecule has 0 bridgehead atoms. The maximum Gasteiger partial charge on any atom is 0.335 e. The molecule has 9 heteroatoms. The monoisotopic (exact) mass is 252 g/mol. The summed E-state index contributed by atoms with van der Waals surface area (Å²) in [6.07, 6.45) is -8.80. The zero-order valence-corrected chi connectivity index (χ0v) is 8.46. The molecule has 3 unspecified atom stereocenters. The number of rotatable bonds is 4. The van der Waals surface area contributed by atoms with E-state index in [0.717, 1.165) is 0 Å². The Balaban J connectivity index is 2.71. The van der Waals surface area contributed by atoms with Crippen LogP contribution in [0.2, 0.25) is 0 Å². The second-order valence-corrected chi connectivity index (χ2v) is 3.44. The largest absolute Gasteiger partial charge is 0.480 e. The molecule has 0 aromatic rings. The minimum absolute atomic E-state index is 0.836. The maximum atomic E-state index is 10.7. The van der Waals surface area contributed by atoms with Crippen molar-refractivity contribution in [2.24, 2.45) is 0 Å². The van der Waals surface area contributed by atoms with Gasteiger partial charge in [-0.25, -0.2) is 9.59 Å². The van der Waals surface area contributed by atoms with Gasteiger partial charge in [-0.3, -0.25) is 0 Å². The molecule has 0 aliphatic carbocycles. The molecule has 1 heterocycles. The number of aliphatic carboxylic acids is 2. The normalized spacial score (nSPS) is 37.7. The van der Waals surface area contributed by atoms with Crippen LogP contribution in [-0.2, 0) is 19.1 Å². The van der Waals surface area contributed by atoms with Gasteiger partial charge in [0, 0.05) is 0 Å². The number of ether oxygens (including phenoxy) is 2. The fourth-order valence-corrected chi connectivity index (χ4v) is 1.34. The van der Waals surface area contributed by atoms with E-state index in [1.165, 1.54) is 0 Å². The third kappa shape index (κ3) is 3.11. The van der Waals surface area contributed by atoms with Gasteiger partial charge >= 0.3 is 11.9 Å². The second kappa shape index (κ2) is 5.38. The standard InChI is InChI=1S/C8H12O9/c9-2(10)1-16-8-5(13)3(11)4(12)6(17-8)7(14)15/h3-6,8,11-13H,1H2,(H,9,10)(H,14,15)/t3?,4-,5?,6?,8+/m0/s1. The summed E-state index contributed by atoms with van der Waals surface area (Å²) in [7, 11) is 0. The van der Waals surface area contributed by atoms with Crippen LogP contribution in [0, 0.1) is 0 Å². The van der Waals surface area contributed by atoms with Crippen LogP contribution in [0.3, 0.4) is 0 Å². The Kier molecular flexibility index (Phi) is 4.37. The van der Waals surface area contributed by atoms with Gasteiger partial charge < -0.3 is 35.0 Å². The topological polar surface area (TPSA) is 154 Å². The molecule has 0 saturated carbocycles. The lowest BCUT2D eigenvalue weighted by Crippen LogP contribution is -2.60. The van der Waals surface area contributed by atoms with Gasteiger partial charge in [0.2, 0.25) is 0 Å². The van der Waals surface area contributed by atoms with Crippen LogP contribution in [0.5, 0.6) is 0 Å². The first-order valence-electron chi connectivity index (χ1n) is 4.60. The van der Waals surface area contributed by atoms with Gasteiger partial charge in [-0.15, -0.1) is 0 Å². The Bertz CT molecular complexity index is 303. The number of carbonyl (C=O) groups is 2. The van der Waals surface area contributed by atoms with Crippen molar-refractivity contribution < 1.29 is 44.6 Å². The van der Waals surface area contributed by atoms with Crippen LogP contribution in [0.25, 0.3) is 0 Å². The first-order chi connectivity index (χ1) is 7.84. The van der Waals surface area contributed by atoms with E-state index < -0.39 is 49.3 Å². The van der Waals surface area contributed by atoms with E-state index in [1.807, 2.05) is 0 Å². The maximum absolute atomic E-state index is 10.7. The SMILES string of the molecule is O=C(O)CO[C@@H]1OC(C(=O)O)[C@@H](O)C(O)C1O. The minimum atomic E-state index is -1.83. The molecule has 0 spiro atoms. The molecule has 0 radical (unpaired) electrons. The minimum Gasteiger partial charge on any atom is -0.480 e. The number of aliphatic hydroxyl groups is 3. The summed E-state index contributed by atoms with van der Waals surface area (Å²) in [5, 5.41) is 45.0. The van der Waals surface area contributed by atoms with Crippen molar-refractivity contribution in [2.75, 3.05) is 6.61 Å². The molecule has 0 aromatic heterocycles. The predicted molar refractivity (Wildman–Crippen MR) is 47.9 cm³/mol. The molecule has 5 atom stereocenters. The first kappa shape index (κ1) is 13.8. The zero-order chi connectivity index (χ0) is 13.2. The van der Waals surface area contributed by atoms with Crippen molar-refractivity contribution in [1.82, 2.24) is 0 Å². The average molecular weight is 252 g/mol. The summed E-state index contributed by atoms with van der Waals surface area (Å²) in [5.74, 6) is -2.92. The molecule has 17 heavy (non-hydrogen) atoms. The summed E-state index contributed by atoms with van der Waals surface area (Å²) in [6.45, 7) is -0.836. The van der Waals surface area contributed by atoms with Crippen molar-refractivity contribution in [2.45, 2.75) is 30.7 Å². The van der Waals surface area contributed by atoms with Gasteiger partial charge in [0.25, 0.3) is 0 Å². The fraction of sp³-hybridized carbons (Fsp3) is 0.750. The molecule has 98 valence electrons. The van der Waals surface area contributed by atoms with E-state index >= 15 is 0 Å². The van der Waals surface area contributed by atoms with E-state index in [1.54, 1.807) is 0 Å². The Morgan fingerprint density at radius 1 is 1.06 bits per heavy atom. The van der Waals surface area contributed by atoms with Crippen LogP contribution in [0.4, 0.5) is 0 Å². The smallest absolute Gasteiger partial charge is 0.335 e. The van der Waals surface area contributed by atoms with Gasteiger partial charge in [0.05, 0.1) is 0 Å². The lowest BCUT2D eigenvalue weighted by atomic mass is 9.99. The summed E-state index contributed by atoms with van der Waals surface area (Å²) in [6, 6.07) is 0. The highest BCUT2D eigenvalue weighted by Crippen LogP contribution is 2.22. The van der Waals surface area contributed by atoms with Gasteiger partial charge in [0.1, 0.15) is 24.9 Å². The van der Waals surface area contributed by atoms with E-state index in [9.17, 15) is 24.9 Å². The second-order valence-electron chi connectivity index (χ2n) is 3.44. The lowest BCUT2D eigenvalue weighted by molar-refractivity contribution is -0.293. The molecule has 9 nitrogen and oxygen atoms in total. The molecular weight excluding hydrogens is 240 g/mol. The lowest BCUT2D eigenvalue weighted by Gasteiger charge is -2.38. The molecule has 1 aliphatic rings. The number of hydrogen-bond acceptors (Lipinski definition) is 7. The predicted octanol–water partition coefficient (Wildman–Crippen LogP) is -3.02. The number of aliphatic hydroxyl groups excluding tert-OH is 3. The fourth-order valence-electron chi connectivity index (χ4n) is 1.34. The Hall–Kier alpha value is -1.26. The Labute approximate surface area is 94.8 Å². The van der Waals surface area contributed by atoms with Crippen molar-refractivity contribution in [3.8, 4) is 0 Å². The van der Waals surface area contributed by atoms with Crippen LogP contribution in [-0.4, -0.2) is 74.8 Å². The third-order valence-corrected chi connectivity index (χ3v) is 2.18. The van der Waals surface area contributed by atoms with Crippen LogP contribution < -0.4 is 0 Å². The highest BCUT2D eigenvalue weighted by Gasteiger charge is 2.47. The molecule has 1 fully saturated rings. The van der Waals surface area contributed by atoms with Crippen LogP contribution in [0.1, 0.15) is 0 Å². The average Bonchev–Trinajstić information content (AvgIpc) is 2.24. The zero-order valence-electron chi connectivity index (χ0n) is 8.46. The van der Waals surface area contributed by atoms with Gasteiger partial charge in [0.15, 0.2) is 12.4 Å². The molecular formula is C8H12O9. The van der Waals surface area contributed by atoms with Crippen LogP contribution >= 0.6 is 0 Å². The molecule has 5 N–H and O–H groups in total. The number of carboxylic acids is 2. The van der Waals surface area contributed by atoms with Crippen molar-refractivity contribution in [1.29, 1.82) is 0 Å². The van der Waals surface area contributed by atoms with Crippen molar-refractivity contribution in [3.05, 3.63) is 0 Å². The van der Waals surface area contributed by atoms with Gasteiger partial charge in [-0.2, -0.15) is 0 Å².